The summed E-state index contributed by atoms with van der Waals surface area (Å²) in [5.41, 5.74) is 2.72. The highest BCUT2D eigenvalue weighted by atomic mass is 35.5. The Morgan fingerprint density at radius 3 is 2.56 bits per heavy atom. The van der Waals surface area contributed by atoms with E-state index >= 15 is 0 Å². The van der Waals surface area contributed by atoms with Crippen molar-refractivity contribution in [3.8, 4) is 5.75 Å². The number of benzene rings is 3. The lowest BCUT2D eigenvalue weighted by Gasteiger charge is -2.23. The van der Waals surface area contributed by atoms with Crippen molar-refractivity contribution in [3.63, 3.8) is 0 Å². The van der Waals surface area contributed by atoms with Crippen molar-refractivity contribution in [2.24, 2.45) is 0 Å². The third-order valence-electron chi connectivity index (χ3n) is 5.72. The highest BCUT2D eigenvalue weighted by Crippen LogP contribution is 2.45. The van der Waals surface area contributed by atoms with Crippen LogP contribution in [0, 0.1) is 6.92 Å². The van der Waals surface area contributed by atoms with E-state index in [4.69, 9.17) is 16.3 Å². The summed E-state index contributed by atoms with van der Waals surface area (Å²) in [7, 11) is 1.58. The standard InChI is InChI=1S/C26H19ClN2O4S/c1-14-6-8-15(9-7-14)23(30)21-22(16-4-3-5-17(27)12-16)29(25(32)24(21)31)26-28-19-11-10-18(33-2)13-20(19)34-26/h3-13,22,30H,1-2H3. The number of ketones is 1. The maximum atomic E-state index is 13.3. The quantitative estimate of drug-likeness (QED) is 0.219. The molecular weight excluding hydrogens is 472 g/mol. The van der Waals surface area contributed by atoms with Gasteiger partial charge in [-0.3, -0.25) is 14.5 Å². The van der Waals surface area contributed by atoms with Crippen LogP contribution >= 0.6 is 22.9 Å². The lowest BCUT2D eigenvalue weighted by atomic mass is 9.95. The molecule has 1 aromatic heterocycles. The van der Waals surface area contributed by atoms with Gasteiger partial charge in [-0.2, -0.15) is 0 Å². The molecule has 1 unspecified atom stereocenters. The van der Waals surface area contributed by atoms with E-state index in [1.807, 2.05) is 25.1 Å². The van der Waals surface area contributed by atoms with Gasteiger partial charge in [0.1, 0.15) is 11.5 Å². The van der Waals surface area contributed by atoms with Crippen LogP contribution < -0.4 is 9.64 Å². The number of hydrogen-bond donors (Lipinski definition) is 1. The van der Waals surface area contributed by atoms with Gasteiger partial charge >= 0.3 is 5.91 Å². The van der Waals surface area contributed by atoms with E-state index in [2.05, 4.69) is 4.98 Å². The van der Waals surface area contributed by atoms with Gasteiger partial charge in [0, 0.05) is 10.6 Å². The number of carbonyl (C=O) groups is 2. The Labute approximate surface area is 204 Å². The van der Waals surface area contributed by atoms with E-state index in [0.29, 0.717) is 32.5 Å². The van der Waals surface area contributed by atoms with Gasteiger partial charge < -0.3 is 9.84 Å². The number of carbonyl (C=O) groups excluding carboxylic acids is 2. The Morgan fingerprint density at radius 1 is 1.09 bits per heavy atom. The Bertz CT molecular complexity index is 1480. The average molecular weight is 491 g/mol. The smallest absolute Gasteiger partial charge is 0.301 e. The number of methoxy groups -OCH3 is 1. The van der Waals surface area contributed by atoms with Crippen molar-refractivity contribution in [1.29, 1.82) is 0 Å². The molecule has 8 heteroatoms. The Morgan fingerprint density at radius 2 is 1.85 bits per heavy atom. The summed E-state index contributed by atoms with van der Waals surface area (Å²) in [5, 5.41) is 12.0. The number of fused-ring (bicyclic) bond motifs is 1. The number of anilines is 1. The van der Waals surface area contributed by atoms with Crippen LogP contribution in [0.5, 0.6) is 5.75 Å². The topological polar surface area (TPSA) is 79.7 Å². The van der Waals surface area contributed by atoms with Crippen LogP contribution in [-0.2, 0) is 9.59 Å². The molecule has 170 valence electrons. The number of ether oxygens (including phenoxy) is 1. The minimum atomic E-state index is -0.887. The average Bonchev–Trinajstić information content (AvgIpc) is 3.36. The second-order valence-corrected chi connectivity index (χ2v) is 9.37. The molecule has 4 aromatic rings. The maximum absolute atomic E-state index is 13.3. The molecule has 0 saturated carbocycles. The number of Topliss-reactive ketones (excluding diaryl/α,β-unsaturated/α-hetero) is 1. The molecule has 1 fully saturated rings. The maximum Gasteiger partial charge on any atom is 0.301 e. The normalized spacial score (nSPS) is 17.5. The molecule has 5 rings (SSSR count). The zero-order valence-corrected chi connectivity index (χ0v) is 19.9. The van der Waals surface area contributed by atoms with Gasteiger partial charge in [-0.1, -0.05) is 64.9 Å². The molecule has 0 spiro atoms. The first-order valence-electron chi connectivity index (χ1n) is 10.5. The first kappa shape index (κ1) is 22.1. The number of hydrogen-bond acceptors (Lipinski definition) is 6. The predicted molar refractivity (Wildman–Crippen MR) is 134 cm³/mol. The fourth-order valence-corrected chi connectivity index (χ4v) is 5.23. The fraction of sp³-hybridized carbons (Fsp3) is 0.115. The monoisotopic (exact) mass is 490 g/mol. The second-order valence-electron chi connectivity index (χ2n) is 7.92. The molecule has 3 aromatic carbocycles. The van der Waals surface area contributed by atoms with Crippen LogP contribution in [0.4, 0.5) is 5.13 Å². The van der Waals surface area contributed by atoms with Crippen molar-refractivity contribution >= 4 is 55.7 Å². The molecular formula is C26H19ClN2O4S. The highest BCUT2D eigenvalue weighted by Gasteiger charge is 2.48. The van der Waals surface area contributed by atoms with E-state index in [-0.39, 0.29) is 11.3 Å². The second kappa shape index (κ2) is 8.59. The van der Waals surface area contributed by atoms with Crippen molar-refractivity contribution < 1.29 is 19.4 Å². The van der Waals surface area contributed by atoms with Crippen LogP contribution in [-0.4, -0.2) is 28.9 Å². The molecule has 1 amide bonds. The Hall–Kier alpha value is -3.68. The number of aromatic nitrogens is 1. The third kappa shape index (κ3) is 3.73. The Kier molecular flexibility index (Phi) is 5.59. The number of amides is 1. The molecule has 1 N–H and O–H groups in total. The van der Waals surface area contributed by atoms with E-state index in [0.717, 1.165) is 10.3 Å². The third-order valence-corrected chi connectivity index (χ3v) is 6.98. The first-order valence-corrected chi connectivity index (χ1v) is 11.6. The first-order chi connectivity index (χ1) is 16.4. The van der Waals surface area contributed by atoms with Gasteiger partial charge in [0.15, 0.2) is 5.13 Å². The highest BCUT2D eigenvalue weighted by molar-refractivity contribution is 7.22. The van der Waals surface area contributed by atoms with Crippen LogP contribution in [0.2, 0.25) is 5.02 Å². The Balaban J connectivity index is 1.72. The van der Waals surface area contributed by atoms with Gasteiger partial charge in [0.05, 0.1) is 28.9 Å². The molecule has 0 aliphatic carbocycles. The number of rotatable bonds is 4. The van der Waals surface area contributed by atoms with Gasteiger partial charge in [0.2, 0.25) is 0 Å². The molecule has 0 radical (unpaired) electrons. The van der Waals surface area contributed by atoms with Crippen molar-refractivity contribution in [2.75, 3.05) is 12.0 Å². The number of aliphatic hydroxyl groups excluding tert-OH is 1. The van der Waals surface area contributed by atoms with Crippen LogP contribution in [0.25, 0.3) is 16.0 Å². The number of aliphatic hydroxyl groups is 1. The molecule has 1 saturated heterocycles. The van der Waals surface area contributed by atoms with E-state index in [9.17, 15) is 14.7 Å². The summed E-state index contributed by atoms with van der Waals surface area (Å²) in [6.45, 7) is 1.93. The number of nitrogens with zero attached hydrogens (tertiary/aromatic N) is 2. The van der Waals surface area contributed by atoms with Gasteiger partial charge in [-0.15, -0.1) is 0 Å². The molecule has 2 heterocycles. The van der Waals surface area contributed by atoms with Crippen molar-refractivity contribution in [2.45, 2.75) is 13.0 Å². The largest absolute Gasteiger partial charge is 0.507 e. The summed E-state index contributed by atoms with van der Waals surface area (Å²) >= 11 is 7.52. The minimum Gasteiger partial charge on any atom is -0.507 e. The summed E-state index contributed by atoms with van der Waals surface area (Å²) in [6, 6.07) is 18.5. The molecule has 34 heavy (non-hydrogen) atoms. The summed E-state index contributed by atoms with van der Waals surface area (Å²) in [4.78, 5) is 32.5. The fourth-order valence-electron chi connectivity index (χ4n) is 4.01. The molecule has 6 nitrogen and oxygen atoms in total. The minimum absolute atomic E-state index is 0.00652. The number of thiazole rings is 1. The van der Waals surface area contributed by atoms with Crippen LogP contribution in [0.15, 0.2) is 72.3 Å². The van der Waals surface area contributed by atoms with Gasteiger partial charge in [-0.05, 0) is 42.8 Å². The van der Waals surface area contributed by atoms with E-state index in [1.54, 1.807) is 55.6 Å². The predicted octanol–water partition coefficient (Wildman–Crippen LogP) is 5.89. The van der Waals surface area contributed by atoms with Crippen molar-refractivity contribution in [1.82, 2.24) is 4.98 Å². The number of halogens is 1. The van der Waals surface area contributed by atoms with Crippen LogP contribution in [0.1, 0.15) is 22.7 Å². The number of aryl methyl sites for hydroxylation is 1. The van der Waals surface area contributed by atoms with Crippen LogP contribution in [0.3, 0.4) is 0 Å². The zero-order chi connectivity index (χ0) is 24.0. The summed E-state index contributed by atoms with van der Waals surface area (Å²) < 4.78 is 6.10. The van der Waals surface area contributed by atoms with Crippen molar-refractivity contribution in [3.05, 3.63) is 94.0 Å². The molecule has 1 atom stereocenters. The van der Waals surface area contributed by atoms with Gasteiger partial charge in [-0.25, -0.2) is 4.98 Å². The lowest BCUT2D eigenvalue weighted by molar-refractivity contribution is -0.132. The van der Waals surface area contributed by atoms with Gasteiger partial charge in [0.25, 0.3) is 5.78 Å². The SMILES string of the molecule is COc1ccc2nc(N3C(=O)C(=O)C(=C(O)c4ccc(C)cc4)C3c3cccc(Cl)c3)sc2c1. The summed E-state index contributed by atoms with van der Waals surface area (Å²) in [5.74, 6) is -1.12. The molecule has 0 bridgehead atoms. The zero-order valence-electron chi connectivity index (χ0n) is 18.3. The van der Waals surface area contributed by atoms with E-state index < -0.39 is 17.7 Å². The lowest BCUT2D eigenvalue weighted by Crippen LogP contribution is -2.29. The summed E-state index contributed by atoms with van der Waals surface area (Å²) in [6.07, 6.45) is 0. The molecule has 1 aliphatic heterocycles. The van der Waals surface area contributed by atoms with E-state index in [1.165, 1.54) is 16.2 Å². The molecule has 1 aliphatic rings.